The molecule has 2 heteroatoms. The smallest absolute Gasteiger partial charge is 0.0598 e. The lowest BCUT2D eigenvalue weighted by Crippen LogP contribution is -2.22. The van der Waals surface area contributed by atoms with Gasteiger partial charge in [0.05, 0.1) is 11.7 Å². The SMILES string of the molecule is CC(O)C(C)CCOC(C)(C)C. The van der Waals surface area contributed by atoms with E-state index in [0.717, 1.165) is 13.0 Å². The third-order valence-corrected chi connectivity index (χ3v) is 1.93. The fourth-order valence-electron chi connectivity index (χ4n) is 0.792. The number of ether oxygens (including phenoxy) is 1. The molecule has 0 amide bonds. The monoisotopic (exact) mass is 174 g/mol. The minimum absolute atomic E-state index is 0.0571. The van der Waals surface area contributed by atoms with Crippen LogP contribution in [0.4, 0.5) is 0 Å². The second-order valence-electron chi connectivity index (χ2n) is 4.47. The Bertz CT molecular complexity index is 113. The summed E-state index contributed by atoms with van der Waals surface area (Å²) in [7, 11) is 0. The van der Waals surface area contributed by atoms with Gasteiger partial charge in [0.25, 0.3) is 0 Å². The van der Waals surface area contributed by atoms with Gasteiger partial charge >= 0.3 is 0 Å². The minimum atomic E-state index is -0.228. The molecule has 2 nitrogen and oxygen atoms in total. The van der Waals surface area contributed by atoms with Crippen molar-refractivity contribution in [3.05, 3.63) is 0 Å². The molecule has 0 heterocycles. The number of rotatable bonds is 4. The molecule has 74 valence electrons. The molecular weight excluding hydrogens is 152 g/mol. The largest absolute Gasteiger partial charge is 0.393 e. The standard InChI is InChI=1S/C10H22O2/c1-8(9(2)11)6-7-12-10(3,4)5/h8-9,11H,6-7H2,1-5H3. The van der Waals surface area contributed by atoms with Crippen LogP contribution >= 0.6 is 0 Å². The Kier molecular flexibility index (Phi) is 4.80. The second-order valence-corrected chi connectivity index (χ2v) is 4.47. The molecule has 0 aromatic rings. The molecule has 1 N–H and O–H groups in total. The van der Waals surface area contributed by atoms with Crippen LogP contribution in [0.2, 0.25) is 0 Å². The molecule has 0 saturated carbocycles. The first-order valence-corrected chi connectivity index (χ1v) is 4.65. The van der Waals surface area contributed by atoms with E-state index in [4.69, 9.17) is 4.74 Å². The van der Waals surface area contributed by atoms with E-state index < -0.39 is 0 Å². The van der Waals surface area contributed by atoms with Crippen molar-refractivity contribution in [1.82, 2.24) is 0 Å². The van der Waals surface area contributed by atoms with Gasteiger partial charge in [-0.1, -0.05) is 6.92 Å². The number of aliphatic hydroxyl groups excluding tert-OH is 1. The van der Waals surface area contributed by atoms with E-state index in [9.17, 15) is 5.11 Å². The van der Waals surface area contributed by atoms with E-state index in [0.29, 0.717) is 5.92 Å². The van der Waals surface area contributed by atoms with Gasteiger partial charge in [0.2, 0.25) is 0 Å². The van der Waals surface area contributed by atoms with Gasteiger partial charge in [0, 0.05) is 6.61 Å². The fraction of sp³-hybridized carbons (Fsp3) is 1.00. The Labute approximate surface area is 75.9 Å². The van der Waals surface area contributed by atoms with Crippen LogP contribution in [0.25, 0.3) is 0 Å². The third kappa shape index (κ3) is 6.62. The summed E-state index contributed by atoms with van der Waals surface area (Å²) in [6, 6.07) is 0. The first-order chi connectivity index (χ1) is 5.33. The van der Waals surface area contributed by atoms with E-state index in [1.165, 1.54) is 0 Å². The first-order valence-electron chi connectivity index (χ1n) is 4.65. The highest BCUT2D eigenvalue weighted by atomic mass is 16.5. The summed E-state index contributed by atoms with van der Waals surface area (Å²) in [4.78, 5) is 0. The van der Waals surface area contributed by atoms with Crippen LogP contribution in [0.15, 0.2) is 0 Å². The first kappa shape index (κ1) is 11.9. The van der Waals surface area contributed by atoms with Gasteiger partial charge in [0.1, 0.15) is 0 Å². The van der Waals surface area contributed by atoms with Crippen molar-refractivity contribution in [3.63, 3.8) is 0 Å². The summed E-state index contributed by atoms with van der Waals surface area (Å²) in [5.74, 6) is 0.326. The fourth-order valence-corrected chi connectivity index (χ4v) is 0.792. The maximum atomic E-state index is 9.19. The lowest BCUT2D eigenvalue weighted by atomic mass is 10.0. The molecule has 0 aliphatic rings. The molecule has 12 heavy (non-hydrogen) atoms. The molecule has 0 aliphatic carbocycles. The summed E-state index contributed by atoms with van der Waals surface area (Å²) in [5, 5.41) is 9.19. The summed E-state index contributed by atoms with van der Waals surface area (Å²) < 4.78 is 5.54. The van der Waals surface area contributed by atoms with Crippen molar-refractivity contribution in [3.8, 4) is 0 Å². The second kappa shape index (κ2) is 4.83. The lowest BCUT2D eigenvalue weighted by molar-refractivity contribution is -0.0158. The van der Waals surface area contributed by atoms with Crippen LogP contribution in [0, 0.1) is 5.92 Å². The highest BCUT2D eigenvalue weighted by Gasteiger charge is 2.12. The van der Waals surface area contributed by atoms with E-state index in [2.05, 4.69) is 0 Å². The summed E-state index contributed by atoms with van der Waals surface area (Å²) >= 11 is 0. The Balaban J connectivity index is 3.44. The Morgan fingerprint density at radius 3 is 2.08 bits per heavy atom. The van der Waals surface area contributed by atoms with Gasteiger partial charge < -0.3 is 9.84 Å². The quantitative estimate of drug-likeness (QED) is 0.708. The maximum Gasteiger partial charge on any atom is 0.0598 e. The van der Waals surface area contributed by atoms with Crippen molar-refractivity contribution in [2.75, 3.05) is 6.61 Å². The Hall–Kier alpha value is -0.0800. The van der Waals surface area contributed by atoms with E-state index >= 15 is 0 Å². The van der Waals surface area contributed by atoms with Gasteiger partial charge in [-0.25, -0.2) is 0 Å². The molecule has 0 fully saturated rings. The van der Waals surface area contributed by atoms with Crippen LogP contribution in [-0.4, -0.2) is 23.4 Å². The van der Waals surface area contributed by atoms with E-state index in [1.807, 2.05) is 34.6 Å². The Morgan fingerprint density at radius 2 is 1.75 bits per heavy atom. The molecule has 0 aromatic heterocycles. The molecule has 0 spiro atoms. The van der Waals surface area contributed by atoms with Crippen molar-refractivity contribution >= 4 is 0 Å². The zero-order valence-electron chi connectivity index (χ0n) is 8.92. The zero-order valence-corrected chi connectivity index (χ0v) is 8.92. The molecule has 0 rings (SSSR count). The molecule has 2 atom stereocenters. The molecule has 0 aliphatic heterocycles. The van der Waals surface area contributed by atoms with Gasteiger partial charge in [-0.05, 0) is 40.0 Å². The van der Waals surface area contributed by atoms with Crippen LogP contribution in [0.5, 0.6) is 0 Å². The van der Waals surface area contributed by atoms with Crippen molar-refractivity contribution in [2.24, 2.45) is 5.92 Å². The highest BCUT2D eigenvalue weighted by Crippen LogP contribution is 2.12. The number of hydrogen-bond acceptors (Lipinski definition) is 2. The maximum absolute atomic E-state index is 9.19. The molecule has 2 unspecified atom stereocenters. The van der Waals surface area contributed by atoms with Gasteiger partial charge in [-0.3, -0.25) is 0 Å². The molecule has 0 saturated heterocycles. The summed E-state index contributed by atoms with van der Waals surface area (Å²) in [6.45, 7) is 10.7. The van der Waals surface area contributed by atoms with Crippen molar-refractivity contribution in [2.45, 2.75) is 52.7 Å². The molecule has 0 radical (unpaired) electrons. The van der Waals surface area contributed by atoms with Gasteiger partial charge in [-0.15, -0.1) is 0 Å². The number of hydrogen-bond donors (Lipinski definition) is 1. The predicted molar refractivity (Wildman–Crippen MR) is 51.2 cm³/mol. The van der Waals surface area contributed by atoms with E-state index in [1.54, 1.807) is 0 Å². The summed E-state index contributed by atoms with van der Waals surface area (Å²) in [5.41, 5.74) is -0.0571. The van der Waals surface area contributed by atoms with Gasteiger partial charge in [0.15, 0.2) is 0 Å². The highest BCUT2D eigenvalue weighted by molar-refractivity contribution is 4.62. The predicted octanol–water partition coefficient (Wildman–Crippen LogP) is 2.21. The van der Waals surface area contributed by atoms with Crippen molar-refractivity contribution in [1.29, 1.82) is 0 Å². The minimum Gasteiger partial charge on any atom is -0.393 e. The molecule has 0 bridgehead atoms. The third-order valence-electron chi connectivity index (χ3n) is 1.93. The average molecular weight is 174 g/mol. The van der Waals surface area contributed by atoms with Crippen LogP contribution in [0.3, 0.4) is 0 Å². The lowest BCUT2D eigenvalue weighted by Gasteiger charge is -2.21. The topological polar surface area (TPSA) is 29.5 Å². The Morgan fingerprint density at radius 1 is 1.25 bits per heavy atom. The number of aliphatic hydroxyl groups is 1. The van der Waals surface area contributed by atoms with Crippen molar-refractivity contribution < 1.29 is 9.84 Å². The normalized spacial score (nSPS) is 17.5. The summed E-state index contributed by atoms with van der Waals surface area (Å²) in [6.07, 6.45) is 0.697. The van der Waals surface area contributed by atoms with Crippen LogP contribution in [0.1, 0.15) is 41.0 Å². The van der Waals surface area contributed by atoms with Crippen LogP contribution in [-0.2, 0) is 4.74 Å². The van der Waals surface area contributed by atoms with Crippen LogP contribution < -0.4 is 0 Å². The van der Waals surface area contributed by atoms with Gasteiger partial charge in [-0.2, -0.15) is 0 Å². The zero-order chi connectivity index (χ0) is 9.78. The molecule has 0 aromatic carbocycles. The average Bonchev–Trinajstić information content (AvgIpc) is 1.84. The molecular formula is C10H22O2. The van der Waals surface area contributed by atoms with E-state index in [-0.39, 0.29) is 11.7 Å².